The Morgan fingerprint density at radius 1 is 1.25 bits per heavy atom. The first-order chi connectivity index (χ1) is 8.86. The third-order valence-corrected chi connectivity index (χ3v) is 9.51. The van der Waals surface area contributed by atoms with Gasteiger partial charge in [-0.15, -0.1) is 0 Å². The van der Waals surface area contributed by atoms with Crippen LogP contribution in [-0.2, 0) is 18.7 Å². The monoisotopic (exact) mass is 324 g/mol. The maximum Gasteiger partial charge on any atom is 0.264 e. The fourth-order valence-electron chi connectivity index (χ4n) is 2.25. The van der Waals surface area contributed by atoms with Gasteiger partial charge in [0, 0.05) is 18.9 Å². The zero-order valence-electron chi connectivity index (χ0n) is 13.3. The van der Waals surface area contributed by atoms with Crippen molar-refractivity contribution < 1.29 is 22.1 Å². The highest BCUT2D eigenvalue weighted by atomic mass is 32.2. The Balaban J connectivity index is 2.75. The van der Waals surface area contributed by atoms with Gasteiger partial charge in [0.15, 0.2) is 8.32 Å². The molecule has 20 heavy (non-hydrogen) atoms. The molecule has 0 saturated heterocycles. The second-order valence-corrected chi connectivity index (χ2v) is 13.6. The van der Waals surface area contributed by atoms with Crippen molar-refractivity contribution in [3.05, 3.63) is 0 Å². The van der Waals surface area contributed by atoms with Crippen LogP contribution in [-0.4, -0.2) is 46.9 Å². The van der Waals surface area contributed by atoms with Crippen LogP contribution in [0.4, 0.5) is 0 Å². The van der Waals surface area contributed by atoms with Crippen molar-refractivity contribution in [1.82, 2.24) is 0 Å². The van der Waals surface area contributed by atoms with Gasteiger partial charge in [0.05, 0.1) is 18.5 Å². The lowest BCUT2D eigenvalue weighted by molar-refractivity contribution is 0.0973. The molecule has 0 spiro atoms. The Morgan fingerprint density at radius 3 is 2.20 bits per heavy atom. The van der Waals surface area contributed by atoms with Gasteiger partial charge < -0.3 is 9.53 Å². The average molecular weight is 325 g/mol. The molecule has 0 bridgehead atoms. The highest BCUT2D eigenvalue weighted by Crippen LogP contribution is 2.41. The highest BCUT2D eigenvalue weighted by molar-refractivity contribution is 7.86. The van der Waals surface area contributed by atoms with Crippen LogP contribution in [0.3, 0.4) is 0 Å². The van der Waals surface area contributed by atoms with Gasteiger partial charge in [-0.2, -0.15) is 8.42 Å². The van der Waals surface area contributed by atoms with Crippen LogP contribution < -0.4 is 0 Å². The minimum absolute atomic E-state index is 0.00289. The van der Waals surface area contributed by atoms with Gasteiger partial charge in [-0.25, -0.2) is 0 Å². The van der Waals surface area contributed by atoms with E-state index < -0.39 is 18.4 Å². The summed E-state index contributed by atoms with van der Waals surface area (Å²) in [6.07, 6.45) is 1.63. The minimum Gasteiger partial charge on any atom is -0.413 e. The molecular weight excluding hydrogens is 296 g/mol. The van der Waals surface area contributed by atoms with Gasteiger partial charge in [-0.3, -0.25) is 4.18 Å². The summed E-state index contributed by atoms with van der Waals surface area (Å²) in [5, 5.41) is 9.57. The fourth-order valence-corrected chi connectivity index (χ4v) is 4.31. The average Bonchev–Trinajstić information content (AvgIpc) is 2.54. The zero-order valence-corrected chi connectivity index (χ0v) is 15.2. The first-order valence-corrected chi connectivity index (χ1v) is 11.7. The largest absolute Gasteiger partial charge is 0.413 e. The molecule has 1 fully saturated rings. The summed E-state index contributed by atoms with van der Waals surface area (Å²) in [7, 11) is -5.39. The second-order valence-electron chi connectivity index (χ2n) is 7.25. The minimum atomic E-state index is -3.46. The molecule has 1 N–H and O–H groups in total. The maximum absolute atomic E-state index is 11.2. The van der Waals surface area contributed by atoms with Crippen LogP contribution in [0.5, 0.6) is 0 Å². The van der Waals surface area contributed by atoms with E-state index in [1.807, 2.05) is 0 Å². The Morgan fingerprint density at radius 2 is 1.80 bits per heavy atom. The second kappa shape index (κ2) is 6.04. The van der Waals surface area contributed by atoms with E-state index in [-0.39, 0.29) is 29.8 Å². The van der Waals surface area contributed by atoms with Crippen LogP contribution in [0.15, 0.2) is 0 Å². The third kappa shape index (κ3) is 4.80. The van der Waals surface area contributed by atoms with Crippen molar-refractivity contribution in [2.24, 2.45) is 5.92 Å². The number of aliphatic hydroxyl groups excluding tert-OH is 1. The molecule has 0 amide bonds. The molecule has 0 aromatic rings. The molecule has 0 radical (unpaired) electrons. The summed E-state index contributed by atoms with van der Waals surface area (Å²) in [6.45, 7) is 10.8. The topological polar surface area (TPSA) is 72.8 Å². The molecule has 5 nitrogen and oxygen atoms in total. The van der Waals surface area contributed by atoms with Crippen molar-refractivity contribution in [1.29, 1.82) is 0 Å². The van der Waals surface area contributed by atoms with Crippen molar-refractivity contribution >= 4 is 18.4 Å². The number of aliphatic hydroxyl groups is 1. The predicted octanol–water partition coefficient (Wildman–Crippen LogP) is 2.12. The van der Waals surface area contributed by atoms with Crippen molar-refractivity contribution in [3.8, 4) is 0 Å². The molecule has 7 heteroatoms. The molecule has 1 aliphatic rings. The molecule has 3 unspecified atom stereocenters. The summed E-state index contributed by atoms with van der Waals surface area (Å²) < 4.78 is 33.8. The molecule has 0 aliphatic heterocycles. The Hall–Kier alpha value is 0.0469. The van der Waals surface area contributed by atoms with Gasteiger partial charge in [-0.05, 0) is 24.6 Å². The zero-order chi connectivity index (χ0) is 15.8. The Kier molecular flexibility index (Phi) is 5.47. The SMILES string of the molecule is CC(C)(C)[Si](C)(C)OC1CC(OS(C)(=O)=O)CC1CO. The Labute approximate surface area is 123 Å². The summed E-state index contributed by atoms with van der Waals surface area (Å²) in [4.78, 5) is 0. The summed E-state index contributed by atoms with van der Waals surface area (Å²) >= 11 is 0. The quantitative estimate of drug-likeness (QED) is 0.619. The van der Waals surface area contributed by atoms with E-state index in [0.29, 0.717) is 12.8 Å². The lowest BCUT2D eigenvalue weighted by Gasteiger charge is -2.39. The summed E-state index contributed by atoms with van der Waals surface area (Å²) in [6, 6.07) is 0. The summed E-state index contributed by atoms with van der Waals surface area (Å²) in [5.41, 5.74) is 0. The predicted molar refractivity (Wildman–Crippen MR) is 81.6 cm³/mol. The molecule has 0 aromatic carbocycles. The van der Waals surface area contributed by atoms with Crippen molar-refractivity contribution in [3.63, 3.8) is 0 Å². The number of rotatable bonds is 5. The molecule has 120 valence electrons. The fraction of sp³-hybridized carbons (Fsp3) is 1.00. The van der Waals surface area contributed by atoms with Gasteiger partial charge in [0.2, 0.25) is 0 Å². The molecule has 1 rings (SSSR count). The van der Waals surface area contributed by atoms with Gasteiger partial charge in [0.25, 0.3) is 10.1 Å². The molecule has 1 aliphatic carbocycles. The van der Waals surface area contributed by atoms with E-state index in [4.69, 9.17) is 8.61 Å². The van der Waals surface area contributed by atoms with Crippen LogP contribution in [0.25, 0.3) is 0 Å². The molecule has 0 heterocycles. The molecular formula is C13H28O5SSi. The van der Waals surface area contributed by atoms with Crippen molar-refractivity contribution in [2.75, 3.05) is 12.9 Å². The lowest BCUT2D eigenvalue weighted by Crippen LogP contribution is -2.45. The highest BCUT2D eigenvalue weighted by Gasteiger charge is 2.44. The Bertz CT molecular complexity index is 427. The van der Waals surface area contributed by atoms with Gasteiger partial charge in [0.1, 0.15) is 0 Å². The summed E-state index contributed by atoms with van der Waals surface area (Å²) in [5.74, 6) is -0.0455. The van der Waals surface area contributed by atoms with E-state index in [1.54, 1.807) is 0 Å². The lowest BCUT2D eigenvalue weighted by atomic mass is 10.1. The van der Waals surface area contributed by atoms with Crippen LogP contribution in [0, 0.1) is 5.92 Å². The molecule has 3 atom stereocenters. The van der Waals surface area contributed by atoms with Crippen LogP contribution in [0.2, 0.25) is 18.1 Å². The third-order valence-electron chi connectivity index (χ3n) is 4.38. The van der Waals surface area contributed by atoms with Crippen LogP contribution in [0.1, 0.15) is 33.6 Å². The maximum atomic E-state index is 11.2. The van der Waals surface area contributed by atoms with Crippen molar-refractivity contribution in [2.45, 2.75) is 64.0 Å². The first kappa shape index (κ1) is 18.1. The van der Waals surface area contributed by atoms with E-state index >= 15 is 0 Å². The van der Waals surface area contributed by atoms with Gasteiger partial charge in [-0.1, -0.05) is 20.8 Å². The van der Waals surface area contributed by atoms with E-state index in [1.165, 1.54) is 0 Å². The standard InChI is InChI=1S/C13H28O5SSi/c1-13(2,3)20(5,6)18-12-8-11(7-10(12)9-14)17-19(4,15)16/h10-12,14H,7-9H2,1-6H3. The molecule has 1 saturated carbocycles. The smallest absolute Gasteiger partial charge is 0.264 e. The number of hydrogen-bond acceptors (Lipinski definition) is 5. The van der Waals surface area contributed by atoms with E-state index in [0.717, 1.165) is 6.26 Å². The first-order valence-electron chi connectivity index (χ1n) is 7.02. The van der Waals surface area contributed by atoms with Crippen LogP contribution >= 0.6 is 0 Å². The van der Waals surface area contributed by atoms with Gasteiger partial charge >= 0.3 is 0 Å². The molecule has 0 aromatic heterocycles. The number of hydrogen-bond donors (Lipinski definition) is 1. The normalized spacial score (nSPS) is 28.9. The van der Waals surface area contributed by atoms with E-state index in [9.17, 15) is 13.5 Å². The van der Waals surface area contributed by atoms with E-state index in [2.05, 4.69) is 33.9 Å².